The Kier molecular flexibility index (Phi) is 4.47. The molecule has 2 aromatic heterocycles. The van der Waals surface area contributed by atoms with Crippen molar-refractivity contribution in [2.45, 2.75) is 5.41 Å². The Balaban J connectivity index is 1.57. The molecule has 1 aliphatic carbocycles. The van der Waals surface area contributed by atoms with Gasteiger partial charge in [0.15, 0.2) is 0 Å². The fraction of sp³-hybridized carbons (Fsp3) is 0.0278. The van der Waals surface area contributed by atoms with Crippen molar-refractivity contribution in [3.8, 4) is 16.8 Å². The summed E-state index contributed by atoms with van der Waals surface area (Å²) in [6.45, 7) is 0. The minimum Gasteiger partial charge on any atom is -0.308 e. The minimum absolute atomic E-state index is 0.418. The summed E-state index contributed by atoms with van der Waals surface area (Å²) >= 11 is 0. The van der Waals surface area contributed by atoms with Gasteiger partial charge in [-0.1, -0.05) is 103 Å². The van der Waals surface area contributed by atoms with Crippen LogP contribution in [0.15, 0.2) is 146 Å². The van der Waals surface area contributed by atoms with E-state index >= 15 is 0 Å². The number of para-hydroxylation sites is 1. The van der Waals surface area contributed by atoms with E-state index in [-0.39, 0.29) is 0 Å². The fourth-order valence-electron chi connectivity index (χ4n) is 6.62. The van der Waals surface area contributed by atoms with Crippen molar-refractivity contribution >= 4 is 21.9 Å². The highest BCUT2D eigenvalue weighted by Crippen LogP contribution is 2.57. The van der Waals surface area contributed by atoms with Crippen molar-refractivity contribution in [3.05, 3.63) is 168 Å². The van der Waals surface area contributed by atoms with E-state index in [2.05, 4.69) is 138 Å². The molecule has 2 nitrogen and oxygen atoms in total. The van der Waals surface area contributed by atoms with Crippen molar-refractivity contribution in [2.75, 3.05) is 0 Å². The van der Waals surface area contributed by atoms with Gasteiger partial charge in [0.1, 0.15) is 0 Å². The number of fused-ring (bicyclic) bond motifs is 6. The Morgan fingerprint density at radius 3 is 1.84 bits per heavy atom. The second-order valence-corrected chi connectivity index (χ2v) is 9.98. The van der Waals surface area contributed by atoms with Crippen LogP contribution in [0.5, 0.6) is 0 Å². The molecule has 0 saturated carbocycles. The zero-order valence-electron chi connectivity index (χ0n) is 20.8. The van der Waals surface area contributed by atoms with Crippen molar-refractivity contribution in [3.63, 3.8) is 0 Å². The first kappa shape index (κ1) is 21.2. The third-order valence-corrected chi connectivity index (χ3v) is 8.11. The number of aromatic nitrogens is 2. The van der Waals surface area contributed by atoms with Gasteiger partial charge in [0.05, 0.1) is 22.0 Å². The third-order valence-electron chi connectivity index (χ3n) is 8.11. The Morgan fingerprint density at radius 1 is 0.500 bits per heavy atom. The lowest BCUT2D eigenvalue weighted by atomic mass is 9.67. The average molecular weight is 485 g/mol. The molecule has 178 valence electrons. The summed E-state index contributed by atoms with van der Waals surface area (Å²) in [5.41, 5.74) is 11.8. The molecule has 8 rings (SSSR count). The lowest BCUT2D eigenvalue weighted by Gasteiger charge is -2.33. The molecule has 1 aliphatic rings. The maximum atomic E-state index is 4.90. The SMILES string of the molecule is c1ccc(-n2c3cc4c(cc3c3ncccc32)C(c2ccccc2)(c2ccccc2)c2ccccc2-4)cc1. The molecule has 0 radical (unpaired) electrons. The van der Waals surface area contributed by atoms with Crippen LogP contribution in [0.3, 0.4) is 0 Å². The van der Waals surface area contributed by atoms with Crippen LogP contribution >= 0.6 is 0 Å². The summed E-state index contributed by atoms with van der Waals surface area (Å²) in [6, 6.07) is 50.5. The first-order valence-electron chi connectivity index (χ1n) is 13.1. The fourth-order valence-corrected chi connectivity index (χ4v) is 6.62. The Morgan fingerprint density at radius 2 is 1.13 bits per heavy atom. The smallest absolute Gasteiger partial charge is 0.0963 e. The molecule has 0 unspecified atom stereocenters. The zero-order chi connectivity index (χ0) is 25.1. The molecule has 5 aromatic carbocycles. The van der Waals surface area contributed by atoms with E-state index < -0.39 is 5.41 Å². The van der Waals surface area contributed by atoms with Gasteiger partial charge in [0.25, 0.3) is 0 Å². The number of hydrogen-bond acceptors (Lipinski definition) is 1. The maximum Gasteiger partial charge on any atom is 0.0963 e. The van der Waals surface area contributed by atoms with E-state index in [9.17, 15) is 0 Å². The van der Waals surface area contributed by atoms with Crippen LogP contribution in [0.4, 0.5) is 0 Å². The summed E-state index contributed by atoms with van der Waals surface area (Å²) in [6.07, 6.45) is 1.90. The third kappa shape index (κ3) is 2.75. The van der Waals surface area contributed by atoms with Gasteiger partial charge in [-0.15, -0.1) is 0 Å². The van der Waals surface area contributed by atoms with E-state index in [0.29, 0.717) is 0 Å². The highest BCUT2D eigenvalue weighted by Gasteiger charge is 2.46. The van der Waals surface area contributed by atoms with Crippen LogP contribution < -0.4 is 0 Å². The van der Waals surface area contributed by atoms with Crippen molar-refractivity contribution in [2.24, 2.45) is 0 Å². The molecule has 38 heavy (non-hydrogen) atoms. The zero-order valence-corrected chi connectivity index (χ0v) is 20.8. The molecule has 0 atom stereocenters. The lowest BCUT2D eigenvalue weighted by Crippen LogP contribution is -2.28. The van der Waals surface area contributed by atoms with E-state index in [1.807, 2.05) is 12.3 Å². The molecule has 2 heteroatoms. The maximum absolute atomic E-state index is 4.90. The van der Waals surface area contributed by atoms with E-state index in [1.165, 1.54) is 44.3 Å². The quantitative estimate of drug-likeness (QED) is 0.246. The van der Waals surface area contributed by atoms with Gasteiger partial charge >= 0.3 is 0 Å². The molecule has 0 N–H and O–H groups in total. The molecule has 7 aromatic rings. The summed E-state index contributed by atoms with van der Waals surface area (Å²) in [4.78, 5) is 4.90. The first-order valence-corrected chi connectivity index (χ1v) is 13.1. The van der Waals surface area contributed by atoms with Gasteiger partial charge < -0.3 is 4.57 Å². The first-order chi connectivity index (χ1) is 18.9. The predicted molar refractivity (Wildman–Crippen MR) is 156 cm³/mol. The summed E-state index contributed by atoms with van der Waals surface area (Å²) < 4.78 is 2.35. The van der Waals surface area contributed by atoms with Crippen LogP contribution in [0.1, 0.15) is 22.3 Å². The molecule has 0 amide bonds. The van der Waals surface area contributed by atoms with Gasteiger partial charge in [0, 0.05) is 17.3 Å². The monoisotopic (exact) mass is 484 g/mol. The van der Waals surface area contributed by atoms with Crippen molar-refractivity contribution in [1.82, 2.24) is 9.55 Å². The minimum atomic E-state index is -0.418. The molecule has 0 fully saturated rings. The van der Waals surface area contributed by atoms with Gasteiger partial charge in [-0.25, -0.2) is 0 Å². The van der Waals surface area contributed by atoms with E-state index in [0.717, 1.165) is 16.7 Å². The van der Waals surface area contributed by atoms with Gasteiger partial charge in [-0.2, -0.15) is 0 Å². The highest BCUT2D eigenvalue weighted by atomic mass is 15.0. The van der Waals surface area contributed by atoms with Crippen LogP contribution in [-0.4, -0.2) is 9.55 Å². The molecule has 2 heterocycles. The van der Waals surface area contributed by atoms with Crippen LogP contribution in [0.2, 0.25) is 0 Å². The van der Waals surface area contributed by atoms with Gasteiger partial charge in [0.2, 0.25) is 0 Å². The summed E-state index contributed by atoms with van der Waals surface area (Å²) in [7, 11) is 0. The number of rotatable bonds is 3. The molecule has 0 saturated heterocycles. The van der Waals surface area contributed by atoms with Crippen LogP contribution in [0, 0.1) is 0 Å². The number of nitrogens with zero attached hydrogens (tertiary/aromatic N) is 2. The van der Waals surface area contributed by atoms with E-state index in [4.69, 9.17) is 4.98 Å². The van der Waals surface area contributed by atoms with Crippen LogP contribution in [-0.2, 0) is 5.41 Å². The molecule has 0 bridgehead atoms. The second kappa shape index (κ2) is 8.03. The van der Waals surface area contributed by atoms with Crippen molar-refractivity contribution < 1.29 is 0 Å². The normalized spacial score (nSPS) is 13.5. The highest BCUT2D eigenvalue weighted by molar-refractivity contribution is 6.10. The largest absolute Gasteiger partial charge is 0.308 e. The molecular formula is C36H24N2. The molecular weight excluding hydrogens is 460 g/mol. The number of hydrogen-bond donors (Lipinski definition) is 0. The predicted octanol–water partition coefficient (Wildman–Crippen LogP) is 8.54. The van der Waals surface area contributed by atoms with E-state index in [1.54, 1.807) is 0 Å². The van der Waals surface area contributed by atoms with Crippen LogP contribution in [0.25, 0.3) is 38.8 Å². The standard InChI is InChI=1S/C36H24N2/c1-4-13-25(14-5-1)36(26-15-6-2-7-16-26)31-20-11-10-19-28(31)29-24-34-30(23-32(29)36)35-33(21-12-22-37-35)38(34)27-17-8-3-9-18-27/h1-24H. The Labute approximate surface area is 221 Å². The topological polar surface area (TPSA) is 17.8 Å². The summed E-state index contributed by atoms with van der Waals surface area (Å²) in [5, 5.41) is 1.17. The second-order valence-electron chi connectivity index (χ2n) is 9.98. The van der Waals surface area contributed by atoms with Gasteiger partial charge in [-0.05, 0) is 69.8 Å². The number of benzene rings is 5. The average Bonchev–Trinajstić information content (AvgIpc) is 3.48. The summed E-state index contributed by atoms with van der Waals surface area (Å²) in [5.74, 6) is 0. The van der Waals surface area contributed by atoms with Crippen molar-refractivity contribution in [1.29, 1.82) is 0 Å². The Bertz CT molecular complexity index is 1910. The Hall–Kier alpha value is -4.95. The molecule has 0 aliphatic heterocycles. The molecule has 0 spiro atoms. The number of pyridine rings is 1. The lowest BCUT2D eigenvalue weighted by molar-refractivity contribution is 0.769. The van der Waals surface area contributed by atoms with Gasteiger partial charge in [-0.3, -0.25) is 4.98 Å².